The number of para-hydroxylation sites is 2. The summed E-state index contributed by atoms with van der Waals surface area (Å²) in [5, 5.41) is 24.7. The number of anilines is 2. The van der Waals surface area contributed by atoms with E-state index in [1.54, 1.807) is 0 Å². The summed E-state index contributed by atoms with van der Waals surface area (Å²) in [5.41, 5.74) is 1.48. The van der Waals surface area contributed by atoms with E-state index in [0.717, 1.165) is 37.3 Å². The van der Waals surface area contributed by atoms with E-state index in [-0.39, 0.29) is 17.0 Å². The van der Waals surface area contributed by atoms with Gasteiger partial charge < -0.3 is 15.1 Å². The standard InChI is InChI=1S/C16H17N3O3/c1-11-14(20)10-19(17-15(11)16(21)22)13-7-3-2-6-12(13)18-8-4-5-9-18/h2-3,6-7,10,20H,1,4-5,8-9H2,(H,21,22). The summed E-state index contributed by atoms with van der Waals surface area (Å²) in [5.74, 6) is -1.41. The summed E-state index contributed by atoms with van der Waals surface area (Å²) in [6.07, 6.45) is 3.66. The van der Waals surface area contributed by atoms with Crippen LogP contribution in [0.1, 0.15) is 12.8 Å². The lowest BCUT2D eigenvalue weighted by molar-refractivity contribution is -0.129. The molecule has 22 heavy (non-hydrogen) atoms. The number of benzene rings is 1. The average molecular weight is 299 g/mol. The highest BCUT2D eigenvalue weighted by molar-refractivity contribution is 6.43. The highest BCUT2D eigenvalue weighted by Gasteiger charge is 2.26. The molecular formula is C16H17N3O3. The van der Waals surface area contributed by atoms with Gasteiger partial charge in [-0.1, -0.05) is 18.7 Å². The normalized spacial score (nSPS) is 18.3. The van der Waals surface area contributed by atoms with Crippen LogP contribution in [0.15, 0.2) is 53.5 Å². The van der Waals surface area contributed by atoms with Crippen molar-refractivity contribution in [2.75, 3.05) is 23.0 Å². The lowest BCUT2D eigenvalue weighted by Crippen LogP contribution is -2.28. The summed E-state index contributed by atoms with van der Waals surface area (Å²) in [6.45, 7) is 5.48. The van der Waals surface area contributed by atoms with Gasteiger partial charge in [-0.2, -0.15) is 5.10 Å². The molecule has 1 aromatic carbocycles. The molecule has 2 N–H and O–H groups in total. The molecule has 0 amide bonds. The van der Waals surface area contributed by atoms with Gasteiger partial charge in [0.15, 0.2) is 5.71 Å². The SMILES string of the molecule is C=C1C(O)=CN(c2ccccc2N2CCCC2)N=C1C(=O)O. The number of nitrogens with zero attached hydrogens (tertiary/aromatic N) is 3. The van der Waals surface area contributed by atoms with Gasteiger partial charge in [0.05, 0.1) is 17.6 Å². The first-order valence-corrected chi connectivity index (χ1v) is 7.13. The number of carbonyl (C=O) groups is 1. The Kier molecular flexibility index (Phi) is 3.58. The Morgan fingerprint density at radius 1 is 1.18 bits per heavy atom. The van der Waals surface area contributed by atoms with Crippen LogP contribution in [0.25, 0.3) is 0 Å². The molecule has 1 saturated heterocycles. The minimum Gasteiger partial charge on any atom is -0.506 e. The summed E-state index contributed by atoms with van der Waals surface area (Å²) in [7, 11) is 0. The van der Waals surface area contributed by atoms with E-state index < -0.39 is 5.97 Å². The molecule has 1 aromatic rings. The largest absolute Gasteiger partial charge is 0.506 e. The Labute approximate surface area is 128 Å². The lowest BCUT2D eigenvalue weighted by atomic mass is 10.1. The van der Waals surface area contributed by atoms with Crippen LogP contribution in [-0.4, -0.2) is 35.0 Å². The van der Waals surface area contributed by atoms with E-state index >= 15 is 0 Å². The summed E-state index contributed by atoms with van der Waals surface area (Å²) in [6, 6.07) is 7.63. The summed E-state index contributed by atoms with van der Waals surface area (Å²) in [4.78, 5) is 13.5. The minimum absolute atomic E-state index is 0.0161. The van der Waals surface area contributed by atoms with Crippen LogP contribution < -0.4 is 9.91 Å². The molecule has 114 valence electrons. The van der Waals surface area contributed by atoms with Gasteiger partial charge in [-0.15, -0.1) is 0 Å². The maximum atomic E-state index is 11.3. The van der Waals surface area contributed by atoms with Crippen LogP contribution >= 0.6 is 0 Å². The van der Waals surface area contributed by atoms with Gasteiger partial charge >= 0.3 is 5.97 Å². The fourth-order valence-corrected chi connectivity index (χ4v) is 2.69. The Morgan fingerprint density at radius 3 is 2.45 bits per heavy atom. The van der Waals surface area contributed by atoms with Crippen LogP contribution in [0.2, 0.25) is 0 Å². The molecule has 0 atom stereocenters. The van der Waals surface area contributed by atoms with Crippen LogP contribution in [-0.2, 0) is 4.79 Å². The molecule has 0 radical (unpaired) electrons. The van der Waals surface area contributed by atoms with Crippen molar-refractivity contribution in [1.29, 1.82) is 0 Å². The van der Waals surface area contributed by atoms with Crippen molar-refractivity contribution >= 4 is 23.1 Å². The second kappa shape index (κ2) is 5.55. The maximum absolute atomic E-state index is 11.3. The molecule has 0 unspecified atom stereocenters. The van der Waals surface area contributed by atoms with Crippen LogP contribution in [0, 0.1) is 0 Å². The molecule has 0 aromatic heterocycles. The van der Waals surface area contributed by atoms with Crippen LogP contribution in [0.5, 0.6) is 0 Å². The monoisotopic (exact) mass is 299 g/mol. The number of aliphatic hydroxyl groups excluding tert-OH is 1. The number of carboxylic acids is 1. The first-order valence-electron chi connectivity index (χ1n) is 7.13. The van der Waals surface area contributed by atoms with E-state index in [1.165, 1.54) is 11.2 Å². The molecule has 0 aliphatic carbocycles. The molecule has 3 rings (SSSR count). The average Bonchev–Trinajstić information content (AvgIpc) is 3.04. The van der Waals surface area contributed by atoms with Gasteiger partial charge in [0, 0.05) is 18.7 Å². The van der Waals surface area contributed by atoms with Crippen molar-refractivity contribution in [2.24, 2.45) is 5.10 Å². The van der Waals surface area contributed by atoms with Crippen molar-refractivity contribution in [3.63, 3.8) is 0 Å². The fraction of sp³-hybridized carbons (Fsp3) is 0.250. The predicted molar refractivity (Wildman–Crippen MR) is 85.3 cm³/mol. The molecule has 6 nitrogen and oxygen atoms in total. The zero-order chi connectivity index (χ0) is 15.7. The second-order valence-electron chi connectivity index (χ2n) is 5.27. The first kappa shape index (κ1) is 14.2. The Hall–Kier alpha value is -2.76. The number of carboxylic acid groups (broad SMARTS) is 1. The minimum atomic E-state index is -1.21. The smallest absolute Gasteiger partial charge is 0.357 e. The van der Waals surface area contributed by atoms with E-state index in [4.69, 9.17) is 0 Å². The third-order valence-electron chi connectivity index (χ3n) is 3.83. The maximum Gasteiger partial charge on any atom is 0.357 e. The second-order valence-corrected chi connectivity index (χ2v) is 5.27. The van der Waals surface area contributed by atoms with Crippen LogP contribution in [0.4, 0.5) is 11.4 Å². The summed E-state index contributed by atoms with van der Waals surface area (Å²) < 4.78 is 0. The molecule has 2 aliphatic rings. The molecule has 2 aliphatic heterocycles. The third kappa shape index (κ3) is 2.43. The van der Waals surface area contributed by atoms with Gasteiger partial charge in [0.2, 0.25) is 0 Å². The highest BCUT2D eigenvalue weighted by Crippen LogP contribution is 2.34. The van der Waals surface area contributed by atoms with Crippen molar-refractivity contribution in [3.8, 4) is 0 Å². The highest BCUT2D eigenvalue weighted by atomic mass is 16.4. The number of rotatable bonds is 3. The Balaban J connectivity index is 2.03. The van der Waals surface area contributed by atoms with Gasteiger partial charge in [-0.05, 0) is 25.0 Å². The summed E-state index contributed by atoms with van der Waals surface area (Å²) >= 11 is 0. The molecule has 6 heteroatoms. The predicted octanol–water partition coefficient (Wildman–Crippen LogP) is 2.50. The molecular weight excluding hydrogens is 282 g/mol. The molecule has 0 saturated carbocycles. The zero-order valence-electron chi connectivity index (χ0n) is 12.1. The van der Waals surface area contributed by atoms with Crippen LogP contribution in [0.3, 0.4) is 0 Å². The zero-order valence-corrected chi connectivity index (χ0v) is 12.1. The Morgan fingerprint density at radius 2 is 1.82 bits per heavy atom. The molecule has 1 fully saturated rings. The number of hydrogen-bond donors (Lipinski definition) is 2. The number of hydrogen-bond acceptors (Lipinski definition) is 5. The van der Waals surface area contributed by atoms with E-state index in [1.807, 2.05) is 24.3 Å². The van der Waals surface area contributed by atoms with Crippen molar-refractivity contribution in [2.45, 2.75) is 12.8 Å². The fourth-order valence-electron chi connectivity index (χ4n) is 2.69. The number of hydrazone groups is 1. The van der Waals surface area contributed by atoms with E-state index in [2.05, 4.69) is 16.6 Å². The molecule has 2 heterocycles. The van der Waals surface area contributed by atoms with Gasteiger partial charge in [-0.25, -0.2) is 9.80 Å². The lowest BCUT2D eigenvalue weighted by Gasteiger charge is -2.27. The van der Waals surface area contributed by atoms with Gasteiger partial charge in [0.25, 0.3) is 0 Å². The van der Waals surface area contributed by atoms with Crippen molar-refractivity contribution in [3.05, 3.63) is 48.4 Å². The van der Waals surface area contributed by atoms with Gasteiger partial charge in [0.1, 0.15) is 5.76 Å². The third-order valence-corrected chi connectivity index (χ3v) is 3.83. The van der Waals surface area contributed by atoms with Gasteiger partial charge in [-0.3, -0.25) is 0 Å². The quantitative estimate of drug-likeness (QED) is 0.897. The number of aliphatic carboxylic acids is 1. The van der Waals surface area contributed by atoms with E-state index in [9.17, 15) is 15.0 Å². The van der Waals surface area contributed by atoms with Crippen molar-refractivity contribution in [1.82, 2.24) is 0 Å². The van der Waals surface area contributed by atoms with Crippen molar-refractivity contribution < 1.29 is 15.0 Å². The number of allylic oxidation sites excluding steroid dienone is 1. The molecule has 0 spiro atoms. The topological polar surface area (TPSA) is 76.4 Å². The Bertz CT molecular complexity index is 688. The van der Waals surface area contributed by atoms with E-state index in [0.29, 0.717) is 0 Å². The number of aliphatic hydroxyl groups is 1. The first-order chi connectivity index (χ1) is 10.6. The molecule has 0 bridgehead atoms.